The highest BCUT2D eigenvalue weighted by atomic mass is 16.5. The average molecular weight is 414 g/mol. The Balaban J connectivity index is 1.50. The number of ether oxygens (including phenoxy) is 1. The molecule has 31 heavy (non-hydrogen) atoms. The summed E-state index contributed by atoms with van der Waals surface area (Å²) in [5.74, 6) is -0.529. The van der Waals surface area contributed by atoms with Crippen LogP contribution in [-0.4, -0.2) is 24.3 Å². The molecule has 0 fully saturated rings. The fraction of sp³-hybridized carbons (Fsp3) is 0.160. The number of nitrogens with one attached hydrogen (secondary N) is 1. The topological polar surface area (TPSA) is 75.7 Å². The van der Waals surface area contributed by atoms with Crippen LogP contribution in [0.15, 0.2) is 60.7 Å². The molecule has 1 N–H and O–H groups in total. The van der Waals surface area contributed by atoms with Crippen LogP contribution in [-0.2, 0) is 4.79 Å². The highest BCUT2D eigenvalue weighted by Crippen LogP contribution is 2.32. The average Bonchev–Trinajstić information content (AvgIpc) is 2.99. The molecule has 0 saturated heterocycles. The maximum absolute atomic E-state index is 13.0. The molecule has 0 aromatic heterocycles. The number of amides is 3. The molecule has 0 bridgehead atoms. The van der Waals surface area contributed by atoms with Crippen LogP contribution in [0.3, 0.4) is 0 Å². The minimum Gasteiger partial charge on any atom is -0.484 e. The van der Waals surface area contributed by atoms with E-state index in [2.05, 4.69) is 5.32 Å². The monoisotopic (exact) mass is 414 g/mol. The number of nitrogens with zero attached hydrogens (tertiary/aromatic N) is 1. The number of aryl methyl sites for hydroxylation is 2. The second-order valence-corrected chi connectivity index (χ2v) is 7.58. The quantitative estimate of drug-likeness (QED) is 0.627. The van der Waals surface area contributed by atoms with Crippen LogP contribution in [0.25, 0.3) is 0 Å². The Bertz CT molecular complexity index is 1200. The van der Waals surface area contributed by atoms with E-state index in [1.165, 1.54) is 11.0 Å². The van der Waals surface area contributed by atoms with Crippen molar-refractivity contribution >= 4 is 29.1 Å². The Kier molecular flexibility index (Phi) is 5.29. The summed E-state index contributed by atoms with van der Waals surface area (Å²) in [7, 11) is 0. The molecule has 6 nitrogen and oxygen atoms in total. The number of carbonyl (C=O) groups excluding carboxylic acids is 3. The zero-order valence-electron chi connectivity index (χ0n) is 17.6. The van der Waals surface area contributed by atoms with Crippen molar-refractivity contribution < 1.29 is 19.1 Å². The van der Waals surface area contributed by atoms with Gasteiger partial charge in [-0.15, -0.1) is 0 Å². The fourth-order valence-corrected chi connectivity index (χ4v) is 3.50. The van der Waals surface area contributed by atoms with E-state index in [4.69, 9.17) is 4.74 Å². The first-order valence-electron chi connectivity index (χ1n) is 9.93. The Hall–Kier alpha value is -3.93. The van der Waals surface area contributed by atoms with Gasteiger partial charge in [0.2, 0.25) is 0 Å². The molecule has 1 aliphatic rings. The largest absolute Gasteiger partial charge is 0.484 e. The lowest BCUT2D eigenvalue weighted by atomic mass is 10.1. The number of imide groups is 1. The summed E-state index contributed by atoms with van der Waals surface area (Å²) in [5, 5.41) is 2.72. The molecule has 0 spiro atoms. The van der Waals surface area contributed by atoms with E-state index in [1.807, 2.05) is 45.0 Å². The van der Waals surface area contributed by atoms with Crippen LogP contribution in [0, 0.1) is 20.8 Å². The third kappa shape index (κ3) is 3.92. The van der Waals surface area contributed by atoms with Gasteiger partial charge in [-0.1, -0.05) is 29.8 Å². The van der Waals surface area contributed by atoms with E-state index in [0.29, 0.717) is 22.7 Å². The van der Waals surface area contributed by atoms with E-state index in [1.54, 1.807) is 30.3 Å². The summed E-state index contributed by atoms with van der Waals surface area (Å²) in [4.78, 5) is 39.4. The lowest BCUT2D eigenvalue weighted by Crippen LogP contribution is -2.30. The first-order valence-corrected chi connectivity index (χ1v) is 9.93. The smallest absolute Gasteiger partial charge is 0.266 e. The molecule has 0 unspecified atom stereocenters. The van der Waals surface area contributed by atoms with Crippen LogP contribution in [0.5, 0.6) is 5.75 Å². The molecule has 4 rings (SSSR count). The number of anilines is 2. The number of fused-ring (bicyclic) bond motifs is 1. The molecule has 0 saturated carbocycles. The molecule has 156 valence electrons. The molecule has 3 amide bonds. The molecule has 0 radical (unpaired) electrons. The molecule has 1 aliphatic heterocycles. The van der Waals surface area contributed by atoms with Gasteiger partial charge in [-0.05, 0) is 68.3 Å². The Morgan fingerprint density at radius 3 is 2.35 bits per heavy atom. The Labute approximate surface area is 180 Å². The fourth-order valence-electron chi connectivity index (χ4n) is 3.50. The summed E-state index contributed by atoms with van der Waals surface area (Å²) < 4.78 is 5.48. The lowest BCUT2D eigenvalue weighted by molar-refractivity contribution is -0.118. The van der Waals surface area contributed by atoms with Gasteiger partial charge in [0, 0.05) is 5.69 Å². The summed E-state index contributed by atoms with van der Waals surface area (Å²) in [6.07, 6.45) is 0. The van der Waals surface area contributed by atoms with Gasteiger partial charge >= 0.3 is 0 Å². The van der Waals surface area contributed by atoms with Gasteiger partial charge in [-0.2, -0.15) is 0 Å². The number of hydrogen-bond donors (Lipinski definition) is 1. The normalized spacial score (nSPS) is 12.7. The lowest BCUT2D eigenvalue weighted by Gasteiger charge is -2.17. The highest BCUT2D eigenvalue weighted by molar-refractivity contribution is 6.35. The van der Waals surface area contributed by atoms with Gasteiger partial charge in [0.25, 0.3) is 17.7 Å². The minimum atomic E-state index is -0.402. The van der Waals surface area contributed by atoms with E-state index in [0.717, 1.165) is 16.7 Å². The van der Waals surface area contributed by atoms with Crippen molar-refractivity contribution in [3.8, 4) is 5.75 Å². The predicted molar refractivity (Wildman–Crippen MR) is 119 cm³/mol. The zero-order valence-corrected chi connectivity index (χ0v) is 17.6. The number of benzene rings is 3. The molecule has 3 aromatic rings. The molecule has 0 aliphatic carbocycles. The van der Waals surface area contributed by atoms with E-state index in [9.17, 15) is 14.4 Å². The van der Waals surface area contributed by atoms with Crippen molar-refractivity contribution in [1.29, 1.82) is 0 Å². The molecular weight excluding hydrogens is 392 g/mol. The van der Waals surface area contributed by atoms with Crippen molar-refractivity contribution in [3.05, 3.63) is 88.5 Å². The van der Waals surface area contributed by atoms with Crippen LogP contribution in [0.4, 0.5) is 11.4 Å². The molecule has 3 aromatic carbocycles. The second-order valence-electron chi connectivity index (χ2n) is 7.58. The van der Waals surface area contributed by atoms with Crippen molar-refractivity contribution in [2.75, 3.05) is 16.8 Å². The Morgan fingerprint density at radius 2 is 1.61 bits per heavy atom. The second kappa shape index (κ2) is 8.07. The van der Waals surface area contributed by atoms with Crippen molar-refractivity contribution in [2.24, 2.45) is 0 Å². The molecule has 1 heterocycles. The van der Waals surface area contributed by atoms with Crippen molar-refractivity contribution in [3.63, 3.8) is 0 Å². The SMILES string of the molecule is Cc1ccc(OCC(=O)Nc2ccc3c(c2)C(=O)N(c2cccc(C)c2C)C3=O)cc1. The van der Waals surface area contributed by atoms with Gasteiger partial charge in [-0.3, -0.25) is 14.4 Å². The third-order valence-corrected chi connectivity index (χ3v) is 5.38. The van der Waals surface area contributed by atoms with Gasteiger partial charge in [-0.25, -0.2) is 4.90 Å². The minimum absolute atomic E-state index is 0.165. The maximum atomic E-state index is 13.0. The first kappa shape index (κ1) is 20.3. The van der Waals surface area contributed by atoms with E-state index < -0.39 is 5.91 Å². The van der Waals surface area contributed by atoms with Crippen LogP contribution < -0.4 is 15.0 Å². The first-order chi connectivity index (χ1) is 14.8. The molecule has 6 heteroatoms. The van der Waals surface area contributed by atoms with Crippen molar-refractivity contribution in [2.45, 2.75) is 20.8 Å². The molecule has 0 atom stereocenters. The van der Waals surface area contributed by atoms with Gasteiger partial charge in [0.05, 0.1) is 16.8 Å². The number of rotatable bonds is 5. The van der Waals surface area contributed by atoms with Crippen LogP contribution in [0.1, 0.15) is 37.4 Å². The summed E-state index contributed by atoms with van der Waals surface area (Å²) in [5.41, 5.74) is 4.56. The summed E-state index contributed by atoms with van der Waals surface area (Å²) >= 11 is 0. The van der Waals surface area contributed by atoms with E-state index in [-0.39, 0.29) is 24.0 Å². The summed E-state index contributed by atoms with van der Waals surface area (Å²) in [6.45, 7) is 5.62. The molecular formula is C25H22N2O4. The standard InChI is InChI=1S/C25H22N2O4/c1-15-7-10-19(11-8-15)31-14-23(28)26-18-9-12-20-21(13-18)25(30)27(24(20)29)22-6-4-5-16(2)17(22)3/h4-13H,14H2,1-3H3,(H,26,28). The number of hydrogen-bond acceptors (Lipinski definition) is 4. The van der Waals surface area contributed by atoms with Crippen LogP contribution in [0.2, 0.25) is 0 Å². The van der Waals surface area contributed by atoms with Gasteiger partial charge in [0.15, 0.2) is 6.61 Å². The zero-order chi connectivity index (χ0) is 22.1. The maximum Gasteiger partial charge on any atom is 0.266 e. The van der Waals surface area contributed by atoms with Crippen molar-refractivity contribution in [1.82, 2.24) is 0 Å². The number of carbonyl (C=O) groups is 3. The predicted octanol–water partition coefficient (Wildman–Crippen LogP) is 4.43. The third-order valence-electron chi connectivity index (χ3n) is 5.38. The van der Waals surface area contributed by atoms with Gasteiger partial charge in [0.1, 0.15) is 5.75 Å². The highest BCUT2D eigenvalue weighted by Gasteiger charge is 2.37. The van der Waals surface area contributed by atoms with Gasteiger partial charge < -0.3 is 10.1 Å². The van der Waals surface area contributed by atoms with Crippen LogP contribution >= 0.6 is 0 Å². The van der Waals surface area contributed by atoms with E-state index >= 15 is 0 Å². The Morgan fingerprint density at radius 1 is 0.903 bits per heavy atom. The summed E-state index contributed by atoms with van der Waals surface area (Å²) in [6, 6.07) is 17.6.